The highest BCUT2D eigenvalue weighted by Gasteiger charge is 2.30. The number of hydrogen-bond acceptors (Lipinski definition) is 15. The lowest BCUT2D eigenvalue weighted by molar-refractivity contribution is -0.161. The summed E-state index contributed by atoms with van der Waals surface area (Å²) in [6.45, 7) is 5.04. The van der Waals surface area contributed by atoms with Gasteiger partial charge in [-0.2, -0.15) is 0 Å². The van der Waals surface area contributed by atoms with Crippen LogP contribution >= 0.6 is 15.6 Å². The van der Waals surface area contributed by atoms with E-state index in [1.807, 2.05) is 0 Å². The van der Waals surface area contributed by atoms with E-state index in [0.29, 0.717) is 25.7 Å². The molecule has 17 nitrogen and oxygen atoms in total. The van der Waals surface area contributed by atoms with Gasteiger partial charge in [-0.15, -0.1) is 0 Å². The number of rotatable bonds is 82. The zero-order valence-electron chi connectivity index (χ0n) is 65.2. The van der Waals surface area contributed by atoms with E-state index in [4.69, 9.17) is 37.0 Å². The monoisotopic (exact) mass is 1470 g/mol. The number of unbranched alkanes of at least 4 members (excludes halogenated alkanes) is 56. The molecule has 0 saturated carbocycles. The zero-order valence-corrected chi connectivity index (χ0v) is 67.0. The summed E-state index contributed by atoms with van der Waals surface area (Å²) in [5, 5.41) is 10.6. The Morgan fingerprint density at radius 3 is 0.590 bits per heavy atom. The third kappa shape index (κ3) is 74.3. The maximum absolute atomic E-state index is 13.1. The van der Waals surface area contributed by atoms with E-state index in [0.717, 1.165) is 89.9 Å². The molecule has 0 aliphatic rings. The largest absolute Gasteiger partial charge is 0.472 e. The van der Waals surface area contributed by atoms with E-state index in [9.17, 15) is 43.2 Å². The van der Waals surface area contributed by atoms with E-state index in [-0.39, 0.29) is 25.7 Å². The molecule has 0 fully saturated rings. The van der Waals surface area contributed by atoms with Crippen molar-refractivity contribution in [1.29, 1.82) is 0 Å². The summed E-state index contributed by atoms with van der Waals surface area (Å²) in [6, 6.07) is 0. The van der Waals surface area contributed by atoms with E-state index < -0.39 is 97.5 Å². The van der Waals surface area contributed by atoms with Crippen LogP contribution in [0.2, 0.25) is 0 Å². The Morgan fingerprint density at radius 2 is 0.400 bits per heavy atom. The lowest BCUT2D eigenvalue weighted by Gasteiger charge is -2.21. The van der Waals surface area contributed by atoms with Crippen LogP contribution in [0.5, 0.6) is 0 Å². The van der Waals surface area contributed by atoms with Crippen LogP contribution in [0.4, 0.5) is 0 Å². The fourth-order valence-corrected chi connectivity index (χ4v) is 14.2. The van der Waals surface area contributed by atoms with E-state index in [1.165, 1.54) is 270 Å². The van der Waals surface area contributed by atoms with Gasteiger partial charge in [0.15, 0.2) is 12.2 Å². The average molecular weight is 1470 g/mol. The third-order valence-electron chi connectivity index (χ3n) is 19.1. The summed E-state index contributed by atoms with van der Waals surface area (Å²) < 4.78 is 68.8. The van der Waals surface area contributed by atoms with Crippen molar-refractivity contribution in [3.63, 3.8) is 0 Å². The average Bonchev–Trinajstić information content (AvgIpc) is 1.18. The highest BCUT2D eigenvalue weighted by Crippen LogP contribution is 2.45. The Hall–Kier alpha value is -1.94. The molecule has 0 aromatic heterocycles. The Bertz CT molecular complexity index is 1890. The molecule has 0 aliphatic carbocycles. The van der Waals surface area contributed by atoms with Crippen molar-refractivity contribution < 1.29 is 80.2 Å². The minimum Gasteiger partial charge on any atom is -0.462 e. The maximum atomic E-state index is 13.1. The van der Waals surface area contributed by atoms with Gasteiger partial charge in [0, 0.05) is 25.7 Å². The summed E-state index contributed by atoms with van der Waals surface area (Å²) in [6.07, 6.45) is 67.8. The van der Waals surface area contributed by atoms with Crippen LogP contribution in [-0.4, -0.2) is 96.7 Å². The van der Waals surface area contributed by atoms with Gasteiger partial charge in [-0.25, -0.2) is 9.13 Å². The molecule has 19 heteroatoms. The number of aliphatic hydroxyl groups excluding tert-OH is 1. The molecule has 0 radical (unpaired) electrons. The number of esters is 4. The number of carbonyl (C=O) groups excluding carboxylic acids is 4. The molecule has 594 valence electrons. The zero-order chi connectivity index (χ0) is 73.2. The molecule has 0 aromatic rings. The predicted molar refractivity (Wildman–Crippen MR) is 409 cm³/mol. The minimum atomic E-state index is -4.96. The fourth-order valence-electron chi connectivity index (χ4n) is 12.6. The predicted octanol–water partition coefficient (Wildman–Crippen LogP) is 24.6. The molecular weight excluding hydrogens is 1310 g/mol. The first kappa shape index (κ1) is 98.1. The van der Waals surface area contributed by atoms with Gasteiger partial charge < -0.3 is 33.8 Å². The van der Waals surface area contributed by atoms with Crippen LogP contribution in [0, 0.1) is 0 Å². The summed E-state index contributed by atoms with van der Waals surface area (Å²) in [4.78, 5) is 73.1. The minimum absolute atomic E-state index is 0.109. The maximum Gasteiger partial charge on any atom is 0.472 e. The number of phosphoric ester groups is 2. The molecule has 0 heterocycles. The standard InChI is InChI=1S/C81H158O17P2/c1-5-9-13-17-21-25-29-33-36-37-38-41-44-48-52-56-60-64-68-81(86)98-77(72-92-79(84)66-62-58-54-50-46-42-39-34-30-26-22-18-14-10-6-2)74-96-100(89,90)94-70-75(82)69-93-99(87,88)95-73-76(71-91-78(83)65-61-57-53-49-45-32-28-24-20-16-12-8-4)97-80(85)67-63-59-55-51-47-43-40-35-31-27-23-19-15-11-7-3/h75-77,82H,5-74H2,1-4H3,(H,87,88)(H,89,90)/t75-,76+,77+/m0/s1. The Balaban J connectivity index is 5.25. The van der Waals surface area contributed by atoms with Gasteiger partial charge in [0.25, 0.3) is 0 Å². The first-order valence-corrected chi connectivity index (χ1v) is 45.3. The van der Waals surface area contributed by atoms with Crippen LogP contribution in [0.15, 0.2) is 0 Å². The second-order valence-corrected chi connectivity index (χ2v) is 32.1. The molecule has 0 bridgehead atoms. The molecule has 0 spiro atoms. The number of aliphatic hydroxyl groups is 1. The van der Waals surface area contributed by atoms with Crippen LogP contribution in [0.25, 0.3) is 0 Å². The molecule has 3 N–H and O–H groups in total. The smallest absolute Gasteiger partial charge is 0.462 e. The Kier molecular flexibility index (Phi) is 73.8. The van der Waals surface area contributed by atoms with Crippen LogP contribution < -0.4 is 0 Å². The Labute approximate surface area is 613 Å². The topological polar surface area (TPSA) is 237 Å². The van der Waals surface area contributed by atoms with Crippen LogP contribution in [0.3, 0.4) is 0 Å². The van der Waals surface area contributed by atoms with Gasteiger partial charge in [-0.05, 0) is 25.7 Å². The summed E-state index contributed by atoms with van der Waals surface area (Å²) in [5.41, 5.74) is 0. The molecule has 0 rings (SSSR count). The first-order valence-electron chi connectivity index (χ1n) is 42.3. The molecule has 0 aromatic carbocycles. The Morgan fingerprint density at radius 1 is 0.240 bits per heavy atom. The SMILES string of the molecule is CCCCCCCCCCCCCCCCCCCCC(=O)O[C@H](COC(=O)CCCCCCCCCCCCCCCCC)COP(=O)(O)OC[C@@H](O)COP(=O)(O)OC[C@@H](COC(=O)CCCCCCCCCCCCCC)OC(=O)CCCCCCCCCCCCCCCCC. The van der Waals surface area contributed by atoms with Crippen molar-refractivity contribution in [3.05, 3.63) is 0 Å². The van der Waals surface area contributed by atoms with E-state index in [2.05, 4.69) is 27.7 Å². The summed E-state index contributed by atoms with van der Waals surface area (Å²) >= 11 is 0. The molecule has 2 unspecified atom stereocenters. The van der Waals surface area contributed by atoms with Gasteiger partial charge in [0.05, 0.1) is 26.4 Å². The molecule has 0 aliphatic heterocycles. The second-order valence-electron chi connectivity index (χ2n) is 29.2. The van der Waals surface area contributed by atoms with Gasteiger partial charge >= 0.3 is 39.5 Å². The normalized spacial score (nSPS) is 13.8. The van der Waals surface area contributed by atoms with E-state index >= 15 is 0 Å². The molecule has 0 amide bonds. The highest BCUT2D eigenvalue weighted by atomic mass is 31.2. The van der Waals surface area contributed by atoms with Gasteiger partial charge in [-0.3, -0.25) is 37.3 Å². The first-order chi connectivity index (χ1) is 48.7. The van der Waals surface area contributed by atoms with Gasteiger partial charge in [0.1, 0.15) is 19.3 Å². The number of ether oxygens (including phenoxy) is 4. The molecule has 0 saturated heterocycles. The number of phosphoric acid groups is 2. The lowest BCUT2D eigenvalue weighted by Crippen LogP contribution is -2.30. The number of carbonyl (C=O) groups is 4. The van der Waals surface area contributed by atoms with Crippen LogP contribution in [-0.2, 0) is 65.4 Å². The van der Waals surface area contributed by atoms with Gasteiger partial charge in [-0.1, -0.05) is 387 Å². The van der Waals surface area contributed by atoms with Crippen molar-refractivity contribution in [2.24, 2.45) is 0 Å². The molecular formula is C81H158O17P2. The fraction of sp³-hybridized carbons (Fsp3) is 0.951. The van der Waals surface area contributed by atoms with Crippen molar-refractivity contribution >= 4 is 39.5 Å². The number of hydrogen-bond donors (Lipinski definition) is 3. The second kappa shape index (κ2) is 75.3. The van der Waals surface area contributed by atoms with Crippen molar-refractivity contribution in [2.75, 3.05) is 39.6 Å². The van der Waals surface area contributed by atoms with Gasteiger partial charge in [0.2, 0.25) is 0 Å². The summed E-state index contributed by atoms with van der Waals surface area (Å²) in [5.74, 6) is -2.10. The van der Waals surface area contributed by atoms with Crippen molar-refractivity contribution in [2.45, 2.75) is 457 Å². The van der Waals surface area contributed by atoms with Crippen LogP contribution in [0.1, 0.15) is 439 Å². The third-order valence-corrected chi connectivity index (χ3v) is 21.0. The highest BCUT2D eigenvalue weighted by molar-refractivity contribution is 7.47. The summed E-state index contributed by atoms with van der Waals surface area (Å²) in [7, 11) is -9.92. The van der Waals surface area contributed by atoms with E-state index in [1.54, 1.807) is 0 Å². The molecule has 100 heavy (non-hydrogen) atoms. The molecule has 5 atom stereocenters. The van der Waals surface area contributed by atoms with Crippen molar-refractivity contribution in [3.8, 4) is 0 Å². The quantitative estimate of drug-likeness (QED) is 0.0222. The van der Waals surface area contributed by atoms with Crippen molar-refractivity contribution in [1.82, 2.24) is 0 Å². The lowest BCUT2D eigenvalue weighted by atomic mass is 10.0.